The molecule has 1 aliphatic heterocycles. The fourth-order valence-corrected chi connectivity index (χ4v) is 4.28. The fourth-order valence-electron chi connectivity index (χ4n) is 3.14. The number of hydrogen-bond acceptors (Lipinski definition) is 6. The second-order valence-electron chi connectivity index (χ2n) is 8.16. The minimum atomic E-state index is -0.231. The van der Waals surface area contributed by atoms with Crippen LogP contribution in [0.2, 0.25) is 0 Å². The molecule has 1 aromatic heterocycles. The first-order valence-electron chi connectivity index (χ1n) is 12.9. The Morgan fingerprint density at radius 3 is 2.38 bits per heavy atom. The fraction of sp³-hybridized carbons (Fsp3) is 0.400. The molecule has 1 N–H and O–H groups in total. The van der Waals surface area contributed by atoms with E-state index in [-0.39, 0.29) is 11.8 Å². The van der Waals surface area contributed by atoms with Gasteiger partial charge in [-0.15, -0.1) is 0 Å². The molecule has 3 rings (SSSR count). The highest BCUT2D eigenvalue weighted by Crippen LogP contribution is 2.37. The van der Waals surface area contributed by atoms with E-state index in [1.54, 1.807) is 31.1 Å². The van der Waals surface area contributed by atoms with Gasteiger partial charge in [-0.05, 0) is 43.5 Å². The molecule has 6 nitrogen and oxygen atoms in total. The van der Waals surface area contributed by atoms with Gasteiger partial charge in [0.1, 0.15) is 0 Å². The third kappa shape index (κ3) is 11.6. The number of rotatable bonds is 9. The van der Waals surface area contributed by atoms with Crippen molar-refractivity contribution in [2.45, 2.75) is 72.2 Å². The lowest BCUT2D eigenvalue weighted by Crippen LogP contribution is -2.27. The summed E-state index contributed by atoms with van der Waals surface area (Å²) in [6.45, 7) is 13.6. The Morgan fingerprint density at radius 1 is 1.08 bits per heavy atom. The number of thioether (sulfide) groups is 1. The zero-order chi connectivity index (χ0) is 27.5. The van der Waals surface area contributed by atoms with Crippen molar-refractivity contribution < 1.29 is 14.3 Å². The summed E-state index contributed by atoms with van der Waals surface area (Å²) >= 11 is 1.73. The molecule has 37 heavy (non-hydrogen) atoms. The van der Waals surface area contributed by atoms with E-state index >= 15 is 0 Å². The van der Waals surface area contributed by atoms with Gasteiger partial charge in [0.25, 0.3) is 6.47 Å². The van der Waals surface area contributed by atoms with Gasteiger partial charge in [0, 0.05) is 40.0 Å². The number of nitrogens with one attached hydrogen (secondary N) is 1. The number of hydrogen-bond donors (Lipinski definition) is 1. The molecule has 1 amide bonds. The second-order valence-corrected chi connectivity index (χ2v) is 9.24. The SMILES string of the molecule is CCC.CCC1=NC(CC)=C(/C=C\C(C)C(=O)NCc2cccnc2)Sc2ccccc21.CCOC=O. The van der Waals surface area contributed by atoms with Crippen molar-refractivity contribution >= 4 is 29.9 Å². The van der Waals surface area contributed by atoms with Gasteiger partial charge in [-0.25, -0.2) is 0 Å². The third-order valence-electron chi connectivity index (χ3n) is 5.02. The quantitative estimate of drug-likeness (QED) is 0.354. The van der Waals surface area contributed by atoms with Crippen LogP contribution in [0.3, 0.4) is 0 Å². The number of carbonyl (C=O) groups excluding carboxylic acids is 2. The lowest BCUT2D eigenvalue weighted by molar-refractivity contribution is -0.128. The molecule has 2 aromatic rings. The summed E-state index contributed by atoms with van der Waals surface area (Å²) in [5.41, 5.74) is 4.39. The minimum absolute atomic E-state index is 0.000483. The largest absolute Gasteiger partial charge is 0.468 e. The van der Waals surface area contributed by atoms with E-state index in [9.17, 15) is 9.59 Å². The van der Waals surface area contributed by atoms with Gasteiger partial charge in [-0.1, -0.05) is 83.1 Å². The molecule has 0 bridgehead atoms. The summed E-state index contributed by atoms with van der Waals surface area (Å²) in [6, 6.07) is 12.2. The first kappa shape index (κ1) is 31.8. The van der Waals surface area contributed by atoms with Gasteiger partial charge < -0.3 is 10.1 Å². The van der Waals surface area contributed by atoms with Crippen molar-refractivity contribution in [3.8, 4) is 0 Å². The molecular weight excluding hydrogens is 482 g/mol. The number of carbonyl (C=O) groups is 2. The van der Waals surface area contributed by atoms with E-state index in [0.717, 1.165) is 34.7 Å². The molecule has 1 aliphatic rings. The highest BCUT2D eigenvalue weighted by Gasteiger charge is 2.17. The molecule has 0 aliphatic carbocycles. The van der Waals surface area contributed by atoms with E-state index in [2.05, 4.69) is 73.1 Å². The first-order valence-corrected chi connectivity index (χ1v) is 13.7. The number of pyridine rings is 1. The van der Waals surface area contributed by atoms with Gasteiger partial charge in [0.2, 0.25) is 5.91 Å². The molecule has 0 radical (unpaired) electrons. The number of amides is 1. The van der Waals surface area contributed by atoms with Crippen molar-refractivity contribution in [1.29, 1.82) is 0 Å². The average Bonchev–Trinajstić information content (AvgIpc) is 3.08. The van der Waals surface area contributed by atoms with Crippen LogP contribution >= 0.6 is 11.8 Å². The lowest BCUT2D eigenvalue weighted by Gasteiger charge is -2.10. The molecule has 200 valence electrons. The molecule has 1 aromatic carbocycles. The zero-order valence-electron chi connectivity index (χ0n) is 23.0. The van der Waals surface area contributed by atoms with E-state index in [0.29, 0.717) is 19.6 Å². The van der Waals surface area contributed by atoms with E-state index in [1.165, 1.54) is 16.9 Å². The van der Waals surface area contributed by atoms with Crippen LogP contribution in [0.5, 0.6) is 0 Å². The predicted molar refractivity (Wildman–Crippen MR) is 154 cm³/mol. The Labute approximate surface area is 226 Å². The van der Waals surface area contributed by atoms with Gasteiger partial charge in [-0.2, -0.15) is 0 Å². The normalized spacial score (nSPS) is 13.1. The van der Waals surface area contributed by atoms with Gasteiger partial charge >= 0.3 is 0 Å². The van der Waals surface area contributed by atoms with Crippen molar-refractivity contribution in [2.24, 2.45) is 10.9 Å². The summed E-state index contributed by atoms with van der Waals surface area (Å²) < 4.78 is 4.15. The number of benzene rings is 1. The van der Waals surface area contributed by atoms with Crippen LogP contribution in [0.1, 0.15) is 71.9 Å². The number of allylic oxidation sites excluding steroid dienone is 2. The predicted octanol–water partition coefficient (Wildman–Crippen LogP) is 7.11. The summed E-state index contributed by atoms with van der Waals surface area (Å²) in [6.07, 6.45) is 10.5. The Bertz CT molecular complexity index is 1050. The van der Waals surface area contributed by atoms with Crippen LogP contribution in [0.4, 0.5) is 0 Å². The van der Waals surface area contributed by atoms with Crippen molar-refractivity contribution in [2.75, 3.05) is 6.61 Å². The molecule has 0 spiro atoms. The Kier molecular flexibility index (Phi) is 16.3. The van der Waals surface area contributed by atoms with Gasteiger partial charge in [0.05, 0.1) is 18.2 Å². The van der Waals surface area contributed by atoms with Crippen molar-refractivity contribution in [3.63, 3.8) is 0 Å². The van der Waals surface area contributed by atoms with Crippen molar-refractivity contribution in [3.05, 3.63) is 82.7 Å². The highest BCUT2D eigenvalue weighted by atomic mass is 32.2. The molecule has 1 atom stereocenters. The monoisotopic (exact) mass is 523 g/mol. The topological polar surface area (TPSA) is 80.7 Å². The van der Waals surface area contributed by atoms with Gasteiger partial charge in [0.15, 0.2) is 0 Å². The number of nitrogens with zero attached hydrogens (tertiary/aromatic N) is 2. The molecule has 7 heteroatoms. The molecule has 1 unspecified atom stereocenters. The maximum absolute atomic E-state index is 12.5. The Hall–Kier alpha value is -3.19. The minimum Gasteiger partial charge on any atom is -0.468 e. The standard InChI is InChI=1S/C24H27N3OS.C3H6O2.C3H8/c1-4-20-19-10-6-7-11-22(19)29-23(21(5-2)27-20)13-12-17(3)24(28)26-16-18-9-8-14-25-15-18;1-2-5-3-4;1-3-2/h6-15,17H,4-5,16H2,1-3H3,(H,26,28);3H,2H2,1H3;3H2,1-2H3/b13-12-;;. The number of aliphatic imine (C=N–C) groups is 1. The van der Waals surface area contributed by atoms with Crippen LogP contribution in [0.25, 0.3) is 0 Å². The summed E-state index contributed by atoms with van der Waals surface area (Å²) in [5.74, 6) is -0.230. The second kappa shape index (κ2) is 19.0. The first-order chi connectivity index (χ1) is 17.9. The molecule has 0 fully saturated rings. The molecule has 0 saturated heterocycles. The third-order valence-corrected chi connectivity index (χ3v) is 6.18. The highest BCUT2D eigenvalue weighted by molar-refractivity contribution is 8.03. The maximum Gasteiger partial charge on any atom is 0.293 e. The summed E-state index contributed by atoms with van der Waals surface area (Å²) in [7, 11) is 0. The van der Waals surface area contributed by atoms with Crippen LogP contribution < -0.4 is 5.32 Å². The number of ether oxygens (including phenoxy) is 1. The molecule has 0 saturated carbocycles. The molecular formula is C30H41N3O3S. The van der Waals surface area contributed by atoms with Gasteiger partial charge in [-0.3, -0.25) is 19.6 Å². The Morgan fingerprint density at radius 2 is 1.81 bits per heavy atom. The smallest absolute Gasteiger partial charge is 0.293 e. The van der Waals surface area contributed by atoms with Crippen LogP contribution in [-0.4, -0.2) is 29.7 Å². The maximum atomic E-state index is 12.5. The summed E-state index contributed by atoms with van der Waals surface area (Å²) in [5, 5.41) is 2.98. The number of fused-ring (bicyclic) bond motifs is 1. The molecule has 2 heterocycles. The number of aromatic nitrogens is 1. The van der Waals surface area contributed by atoms with E-state index in [4.69, 9.17) is 4.99 Å². The average molecular weight is 524 g/mol. The van der Waals surface area contributed by atoms with E-state index in [1.807, 2.05) is 25.1 Å². The van der Waals surface area contributed by atoms with E-state index < -0.39 is 0 Å². The van der Waals surface area contributed by atoms with Crippen LogP contribution in [-0.2, 0) is 20.9 Å². The van der Waals surface area contributed by atoms with Crippen LogP contribution in [0.15, 0.2) is 81.4 Å². The van der Waals surface area contributed by atoms with Crippen LogP contribution in [0, 0.1) is 5.92 Å². The Balaban J connectivity index is 0.000000751. The zero-order valence-corrected chi connectivity index (χ0v) is 23.8. The lowest BCUT2D eigenvalue weighted by atomic mass is 10.1. The van der Waals surface area contributed by atoms with Crippen molar-refractivity contribution in [1.82, 2.24) is 10.3 Å². The summed E-state index contributed by atoms with van der Waals surface area (Å²) in [4.78, 5) is 33.0.